The number of rotatable bonds is 2. The maximum atomic E-state index is 11.2. The van der Waals surface area contributed by atoms with Crippen LogP contribution in [0.1, 0.15) is 15.9 Å². The van der Waals surface area contributed by atoms with Gasteiger partial charge in [0.05, 0.1) is 17.7 Å². The molecule has 5 heteroatoms. The van der Waals surface area contributed by atoms with Gasteiger partial charge < -0.3 is 15.9 Å². The number of carbonyl (C=O) groups is 1. The lowest BCUT2D eigenvalue weighted by molar-refractivity contribution is 0.0601. The van der Waals surface area contributed by atoms with Gasteiger partial charge in [0.2, 0.25) is 0 Å². The van der Waals surface area contributed by atoms with Gasteiger partial charge in [0.25, 0.3) is 0 Å². The highest BCUT2D eigenvalue weighted by molar-refractivity contribution is 6.34. The van der Waals surface area contributed by atoms with Crippen LogP contribution in [0.2, 0.25) is 5.02 Å². The Morgan fingerprint density at radius 2 is 2.29 bits per heavy atom. The predicted molar refractivity (Wildman–Crippen MR) is 55.1 cm³/mol. The molecule has 0 saturated heterocycles. The predicted octanol–water partition coefficient (Wildman–Crippen LogP) is 1.71. The molecule has 0 aliphatic carbocycles. The summed E-state index contributed by atoms with van der Waals surface area (Å²) in [4.78, 5) is 11.2. The summed E-state index contributed by atoms with van der Waals surface area (Å²) in [6.45, 7) is 0. The van der Waals surface area contributed by atoms with Crippen LogP contribution in [-0.4, -0.2) is 19.3 Å². The molecule has 4 nitrogen and oxygen atoms in total. The van der Waals surface area contributed by atoms with E-state index in [2.05, 4.69) is 4.74 Å². The van der Waals surface area contributed by atoms with Gasteiger partial charge in [-0.3, -0.25) is 0 Å². The van der Waals surface area contributed by atoms with Crippen LogP contribution in [0, 0.1) is 5.41 Å². The zero-order chi connectivity index (χ0) is 10.7. The summed E-state index contributed by atoms with van der Waals surface area (Å²) in [7, 11) is 1.26. The first kappa shape index (κ1) is 10.5. The quantitative estimate of drug-likeness (QED) is 0.445. The summed E-state index contributed by atoms with van der Waals surface area (Å²) >= 11 is 5.78. The van der Waals surface area contributed by atoms with Crippen molar-refractivity contribution < 1.29 is 9.53 Å². The Labute approximate surface area is 86.1 Å². The first-order valence-electron chi connectivity index (χ1n) is 3.78. The molecule has 0 amide bonds. The fourth-order valence-corrected chi connectivity index (χ4v) is 1.25. The van der Waals surface area contributed by atoms with Crippen LogP contribution in [0.5, 0.6) is 0 Å². The molecule has 1 aromatic rings. The van der Waals surface area contributed by atoms with E-state index in [1.165, 1.54) is 19.2 Å². The topological polar surface area (TPSA) is 76.2 Å². The molecule has 0 atom stereocenters. The van der Waals surface area contributed by atoms with Crippen molar-refractivity contribution in [1.82, 2.24) is 0 Å². The van der Waals surface area contributed by atoms with Crippen molar-refractivity contribution in [3.8, 4) is 0 Å². The molecule has 0 aliphatic heterocycles. The molecule has 3 N–H and O–H groups in total. The highest BCUT2D eigenvalue weighted by Gasteiger charge is 2.12. The molecule has 0 aromatic heterocycles. The van der Waals surface area contributed by atoms with Gasteiger partial charge in [0.1, 0.15) is 0 Å². The fourth-order valence-electron chi connectivity index (χ4n) is 0.997. The Balaban J connectivity index is 3.30. The Kier molecular flexibility index (Phi) is 3.09. The second kappa shape index (κ2) is 4.11. The molecule has 0 unspecified atom stereocenters. The Morgan fingerprint density at radius 1 is 1.64 bits per heavy atom. The molecule has 14 heavy (non-hydrogen) atoms. The Hall–Kier alpha value is -1.55. The van der Waals surface area contributed by atoms with E-state index in [1.54, 1.807) is 0 Å². The van der Waals surface area contributed by atoms with Crippen LogP contribution in [0.3, 0.4) is 0 Å². The number of hydrogen-bond acceptors (Lipinski definition) is 4. The van der Waals surface area contributed by atoms with Crippen molar-refractivity contribution in [2.45, 2.75) is 0 Å². The molecule has 0 spiro atoms. The number of halogens is 1. The number of nitrogen functional groups attached to an aromatic ring is 1. The zero-order valence-corrected chi connectivity index (χ0v) is 8.26. The van der Waals surface area contributed by atoms with E-state index in [-0.39, 0.29) is 10.6 Å². The summed E-state index contributed by atoms with van der Waals surface area (Å²) in [5.41, 5.74) is 6.56. The Bertz CT molecular complexity index is 391. The smallest absolute Gasteiger partial charge is 0.339 e. The number of carbonyl (C=O) groups excluding carboxylic acids is 1. The minimum Gasteiger partial charge on any atom is -0.465 e. The van der Waals surface area contributed by atoms with Gasteiger partial charge in [0, 0.05) is 17.5 Å². The van der Waals surface area contributed by atoms with Gasteiger partial charge in [-0.25, -0.2) is 4.79 Å². The van der Waals surface area contributed by atoms with Crippen molar-refractivity contribution in [2.75, 3.05) is 12.8 Å². The van der Waals surface area contributed by atoms with Gasteiger partial charge in [0.15, 0.2) is 0 Å². The minimum absolute atomic E-state index is 0.210. The summed E-state index contributed by atoms with van der Waals surface area (Å²) in [5, 5.41) is 7.27. The third-order valence-corrected chi connectivity index (χ3v) is 2.05. The van der Waals surface area contributed by atoms with Gasteiger partial charge in [-0.1, -0.05) is 11.6 Å². The average molecular weight is 213 g/mol. The molecule has 0 radical (unpaired) electrons. The van der Waals surface area contributed by atoms with Gasteiger partial charge in [-0.15, -0.1) is 0 Å². The molecule has 0 bridgehead atoms. The lowest BCUT2D eigenvalue weighted by Crippen LogP contribution is -2.04. The molecule has 0 heterocycles. The molecule has 0 fully saturated rings. The highest BCUT2D eigenvalue weighted by atomic mass is 35.5. The van der Waals surface area contributed by atoms with Crippen molar-refractivity contribution in [2.24, 2.45) is 0 Å². The van der Waals surface area contributed by atoms with Crippen LogP contribution in [-0.2, 0) is 4.74 Å². The third-order valence-electron chi connectivity index (χ3n) is 1.73. The number of esters is 1. The van der Waals surface area contributed by atoms with Crippen molar-refractivity contribution in [3.63, 3.8) is 0 Å². The third kappa shape index (κ3) is 1.85. The zero-order valence-electron chi connectivity index (χ0n) is 7.50. The van der Waals surface area contributed by atoms with E-state index in [0.717, 1.165) is 6.21 Å². The van der Waals surface area contributed by atoms with Crippen molar-refractivity contribution in [1.29, 1.82) is 5.41 Å². The van der Waals surface area contributed by atoms with Crippen molar-refractivity contribution >= 4 is 29.5 Å². The van der Waals surface area contributed by atoms with E-state index in [9.17, 15) is 4.79 Å². The van der Waals surface area contributed by atoms with Gasteiger partial charge in [-0.05, 0) is 12.1 Å². The number of benzene rings is 1. The molecule has 1 aromatic carbocycles. The maximum absolute atomic E-state index is 11.2. The number of methoxy groups -OCH3 is 1. The molecule has 0 aliphatic rings. The van der Waals surface area contributed by atoms with Gasteiger partial charge >= 0.3 is 5.97 Å². The number of hydrogen-bond donors (Lipinski definition) is 2. The molecule has 0 saturated carbocycles. The van der Waals surface area contributed by atoms with Crippen LogP contribution in [0.4, 0.5) is 5.69 Å². The first-order chi connectivity index (χ1) is 6.60. The second-order valence-corrected chi connectivity index (χ2v) is 3.00. The maximum Gasteiger partial charge on any atom is 0.339 e. The minimum atomic E-state index is -0.543. The SMILES string of the molecule is COC(=O)c1cc(C=N)c(N)cc1Cl. The number of nitrogens with two attached hydrogens (primary N) is 1. The van der Waals surface area contributed by atoms with E-state index >= 15 is 0 Å². The summed E-state index contributed by atoms with van der Waals surface area (Å²) < 4.78 is 4.52. The second-order valence-electron chi connectivity index (χ2n) is 2.60. The standard InChI is InChI=1S/C9H9ClN2O2/c1-14-9(13)6-2-5(4-11)8(12)3-7(6)10/h2-4,11H,12H2,1H3. The van der Waals surface area contributed by atoms with Crippen LogP contribution in [0.15, 0.2) is 12.1 Å². The van der Waals surface area contributed by atoms with Crippen molar-refractivity contribution in [3.05, 3.63) is 28.3 Å². The number of anilines is 1. The number of ether oxygens (including phenoxy) is 1. The van der Waals surface area contributed by atoms with Gasteiger partial charge in [-0.2, -0.15) is 0 Å². The van der Waals surface area contributed by atoms with E-state index in [0.29, 0.717) is 11.3 Å². The fraction of sp³-hybridized carbons (Fsp3) is 0.111. The summed E-state index contributed by atoms with van der Waals surface area (Å²) in [6.07, 6.45) is 1.05. The van der Waals surface area contributed by atoms with Crippen LogP contribution in [0.25, 0.3) is 0 Å². The largest absolute Gasteiger partial charge is 0.465 e. The average Bonchev–Trinajstić information content (AvgIpc) is 2.17. The van der Waals surface area contributed by atoms with E-state index < -0.39 is 5.97 Å². The lowest BCUT2D eigenvalue weighted by Gasteiger charge is -2.05. The normalized spacial score (nSPS) is 9.57. The molecular formula is C9H9ClN2O2. The van der Waals surface area contributed by atoms with E-state index in [4.69, 9.17) is 22.7 Å². The molecule has 1 rings (SSSR count). The Morgan fingerprint density at radius 3 is 2.79 bits per heavy atom. The summed E-state index contributed by atoms with van der Waals surface area (Å²) in [5.74, 6) is -0.543. The van der Waals surface area contributed by atoms with Crippen LogP contribution < -0.4 is 5.73 Å². The van der Waals surface area contributed by atoms with E-state index in [1.807, 2.05) is 0 Å². The number of nitrogens with one attached hydrogen (secondary N) is 1. The molecular weight excluding hydrogens is 204 g/mol. The monoisotopic (exact) mass is 212 g/mol. The first-order valence-corrected chi connectivity index (χ1v) is 4.15. The molecule has 74 valence electrons. The summed E-state index contributed by atoms with van der Waals surface area (Å²) in [6, 6.07) is 2.85. The highest BCUT2D eigenvalue weighted by Crippen LogP contribution is 2.22. The lowest BCUT2D eigenvalue weighted by atomic mass is 10.1. The van der Waals surface area contributed by atoms with Crippen LogP contribution >= 0.6 is 11.6 Å².